The fraction of sp³-hybridized carbons (Fsp3) is 1.00. The van der Waals surface area contributed by atoms with Crippen molar-refractivity contribution in [1.82, 2.24) is 4.90 Å². The Morgan fingerprint density at radius 1 is 1.07 bits per heavy atom. The summed E-state index contributed by atoms with van der Waals surface area (Å²) in [7, 11) is 2.26. The second kappa shape index (κ2) is 5.16. The molecule has 1 nitrogen and oxygen atoms in total. The van der Waals surface area contributed by atoms with E-state index in [0.29, 0.717) is 0 Å². The van der Waals surface area contributed by atoms with Gasteiger partial charge in [-0.3, -0.25) is 0 Å². The fourth-order valence-corrected chi connectivity index (χ4v) is 3.04. The van der Waals surface area contributed by atoms with E-state index in [4.69, 9.17) is 0 Å². The van der Waals surface area contributed by atoms with Gasteiger partial charge in [-0.05, 0) is 57.2 Å². The topological polar surface area (TPSA) is 3.24 Å². The Bertz CT molecular complexity index is 157. The molecule has 2 rings (SSSR count). The van der Waals surface area contributed by atoms with E-state index in [2.05, 4.69) is 18.9 Å². The molecule has 1 unspecified atom stereocenters. The molecular weight excluding hydrogens is 170 g/mol. The minimum atomic E-state index is 0.784. The Labute approximate surface area is 89.9 Å². The van der Waals surface area contributed by atoms with Gasteiger partial charge < -0.3 is 4.90 Å². The van der Waals surface area contributed by atoms with Gasteiger partial charge in [0.25, 0.3) is 0 Å². The van der Waals surface area contributed by atoms with E-state index in [0.717, 1.165) is 11.3 Å². The van der Waals surface area contributed by atoms with Crippen LogP contribution < -0.4 is 0 Å². The molecule has 2 aliphatic rings. The molecule has 14 heavy (non-hydrogen) atoms. The average molecular weight is 197 g/mol. The summed E-state index contributed by atoms with van der Waals surface area (Å²) in [6, 6.07) is 0. The summed E-state index contributed by atoms with van der Waals surface area (Å²) in [4.78, 5) is 2.48. The monoisotopic (exact) mass is 197 g/mol. The molecule has 0 aromatic heterocycles. The molecule has 1 heteroatoms. The lowest BCUT2D eigenvalue weighted by Gasteiger charge is -2.38. The Morgan fingerprint density at radius 3 is 2.07 bits per heavy atom. The normalized spacial score (nSPS) is 31.3. The number of rotatable bonds is 0. The number of likely N-dealkylation sites (tertiary alicyclic amines) is 1. The van der Waals surface area contributed by atoms with Gasteiger partial charge in [-0.25, -0.2) is 0 Å². The first-order chi connectivity index (χ1) is 6.70. The summed E-state index contributed by atoms with van der Waals surface area (Å²) < 4.78 is 0. The van der Waals surface area contributed by atoms with Crippen LogP contribution in [-0.2, 0) is 0 Å². The lowest BCUT2D eigenvalue weighted by Crippen LogP contribution is -2.36. The predicted molar refractivity (Wildman–Crippen MR) is 63.5 cm³/mol. The van der Waals surface area contributed by atoms with Gasteiger partial charge in [-0.1, -0.05) is 27.2 Å². The van der Waals surface area contributed by atoms with Crippen molar-refractivity contribution in [1.29, 1.82) is 0 Å². The molecule has 1 atom stereocenters. The maximum atomic E-state index is 2.48. The first-order valence-corrected chi connectivity index (χ1v) is 6.39. The molecule has 2 fully saturated rings. The Morgan fingerprint density at radius 2 is 1.64 bits per heavy atom. The van der Waals surface area contributed by atoms with Crippen molar-refractivity contribution in [3.05, 3.63) is 0 Å². The largest absolute Gasteiger partial charge is 0.306 e. The SMILES string of the molecule is CC.CC1CCC2(CCN(C)CC2)C1. The summed E-state index contributed by atoms with van der Waals surface area (Å²) in [5.41, 5.74) is 0.784. The van der Waals surface area contributed by atoms with Crippen LogP contribution in [0.15, 0.2) is 0 Å². The maximum Gasteiger partial charge on any atom is -0.00165 e. The van der Waals surface area contributed by atoms with Crippen molar-refractivity contribution in [2.75, 3.05) is 20.1 Å². The van der Waals surface area contributed by atoms with Gasteiger partial charge >= 0.3 is 0 Å². The lowest BCUT2D eigenvalue weighted by atomic mass is 9.76. The third-order valence-corrected chi connectivity index (χ3v) is 4.00. The van der Waals surface area contributed by atoms with Crippen LogP contribution in [0.2, 0.25) is 0 Å². The Hall–Kier alpha value is -0.0400. The quantitative estimate of drug-likeness (QED) is 0.574. The third kappa shape index (κ3) is 2.73. The smallest absolute Gasteiger partial charge is 0.00165 e. The van der Waals surface area contributed by atoms with Crippen molar-refractivity contribution in [2.45, 2.75) is 52.9 Å². The summed E-state index contributed by atoms with van der Waals surface area (Å²) in [6.45, 7) is 9.10. The first-order valence-electron chi connectivity index (χ1n) is 6.39. The standard InChI is InChI=1S/C11H21N.C2H6/c1-10-3-4-11(9-10)5-7-12(2)8-6-11;1-2/h10H,3-9H2,1-2H3;1-2H3. The number of hydrogen-bond acceptors (Lipinski definition) is 1. The van der Waals surface area contributed by atoms with Crippen LogP contribution in [0.25, 0.3) is 0 Å². The van der Waals surface area contributed by atoms with Crippen molar-refractivity contribution in [2.24, 2.45) is 11.3 Å². The highest BCUT2D eigenvalue weighted by molar-refractivity contribution is 4.91. The van der Waals surface area contributed by atoms with Crippen molar-refractivity contribution >= 4 is 0 Å². The summed E-state index contributed by atoms with van der Waals surface area (Å²) in [6.07, 6.45) is 7.45. The van der Waals surface area contributed by atoms with E-state index < -0.39 is 0 Å². The minimum Gasteiger partial charge on any atom is -0.306 e. The first kappa shape index (κ1) is 12.0. The van der Waals surface area contributed by atoms with Crippen LogP contribution in [-0.4, -0.2) is 25.0 Å². The van der Waals surface area contributed by atoms with Crippen molar-refractivity contribution in [3.8, 4) is 0 Å². The van der Waals surface area contributed by atoms with Crippen molar-refractivity contribution in [3.63, 3.8) is 0 Å². The third-order valence-electron chi connectivity index (χ3n) is 4.00. The zero-order valence-electron chi connectivity index (χ0n) is 10.5. The van der Waals surface area contributed by atoms with E-state index in [-0.39, 0.29) is 0 Å². The van der Waals surface area contributed by atoms with Gasteiger partial charge in [-0.15, -0.1) is 0 Å². The zero-order chi connectivity index (χ0) is 10.6. The molecule has 1 aliphatic heterocycles. The number of piperidine rings is 1. The molecule has 0 aromatic rings. The van der Waals surface area contributed by atoms with Crippen LogP contribution in [0.1, 0.15) is 52.9 Å². The van der Waals surface area contributed by atoms with Crippen molar-refractivity contribution < 1.29 is 0 Å². The average Bonchev–Trinajstić information content (AvgIpc) is 2.57. The number of nitrogens with zero attached hydrogens (tertiary/aromatic N) is 1. The number of hydrogen-bond donors (Lipinski definition) is 0. The van der Waals surface area contributed by atoms with E-state index >= 15 is 0 Å². The summed E-state index contributed by atoms with van der Waals surface area (Å²) in [5.74, 6) is 1.01. The highest BCUT2D eigenvalue weighted by atomic mass is 15.1. The van der Waals surface area contributed by atoms with E-state index in [1.165, 1.54) is 45.2 Å². The van der Waals surface area contributed by atoms with E-state index in [9.17, 15) is 0 Å². The molecule has 84 valence electrons. The van der Waals surface area contributed by atoms with Gasteiger partial charge in [0.1, 0.15) is 0 Å². The molecule has 0 aromatic carbocycles. The molecule has 0 bridgehead atoms. The molecule has 1 spiro atoms. The summed E-state index contributed by atoms with van der Waals surface area (Å²) >= 11 is 0. The molecule has 0 radical (unpaired) electrons. The van der Waals surface area contributed by atoms with E-state index in [1.807, 2.05) is 13.8 Å². The van der Waals surface area contributed by atoms with Crippen LogP contribution in [0, 0.1) is 11.3 Å². The van der Waals surface area contributed by atoms with Crippen LogP contribution in [0.3, 0.4) is 0 Å². The second-order valence-electron chi connectivity index (χ2n) is 5.15. The lowest BCUT2D eigenvalue weighted by molar-refractivity contribution is 0.124. The molecule has 0 amide bonds. The second-order valence-corrected chi connectivity index (χ2v) is 5.15. The molecule has 1 heterocycles. The summed E-state index contributed by atoms with van der Waals surface area (Å²) in [5, 5.41) is 0. The van der Waals surface area contributed by atoms with Crippen LogP contribution in [0.4, 0.5) is 0 Å². The highest BCUT2D eigenvalue weighted by Crippen LogP contribution is 2.48. The van der Waals surface area contributed by atoms with Crippen LogP contribution >= 0.6 is 0 Å². The minimum absolute atomic E-state index is 0.784. The predicted octanol–water partition coefficient (Wildman–Crippen LogP) is 3.54. The van der Waals surface area contributed by atoms with E-state index in [1.54, 1.807) is 0 Å². The maximum absolute atomic E-state index is 2.48. The Kier molecular flexibility index (Phi) is 4.43. The molecule has 1 saturated heterocycles. The van der Waals surface area contributed by atoms with Gasteiger partial charge in [-0.2, -0.15) is 0 Å². The van der Waals surface area contributed by atoms with Crippen LogP contribution in [0.5, 0.6) is 0 Å². The van der Waals surface area contributed by atoms with Gasteiger partial charge in [0, 0.05) is 0 Å². The fourth-order valence-electron chi connectivity index (χ4n) is 3.04. The molecule has 1 saturated carbocycles. The molecule has 0 N–H and O–H groups in total. The van der Waals surface area contributed by atoms with Gasteiger partial charge in [0.2, 0.25) is 0 Å². The van der Waals surface area contributed by atoms with Gasteiger partial charge in [0.05, 0.1) is 0 Å². The Balaban J connectivity index is 0.000000461. The molecular formula is C13H27N. The highest BCUT2D eigenvalue weighted by Gasteiger charge is 2.38. The molecule has 1 aliphatic carbocycles. The zero-order valence-corrected chi connectivity index (χ0v) is 10.5. The van der Waals surface area contributed by atoms with Gasteiger partial charge in [0.15, 0.2) is 0 Å².